The highest BCUT2D eigenvalue weighted by Crippen LogP contribution is 2.66. The summed E-state index contributed by atoms with van der Waals surface area (Å²) in [6, 6.07) is 36.6. The second kappa shape index (κ2) is 18.6. The van der Waals surface area contributed by atoms with Gasteiger partial charge in [-0.2, -0.15) is 0 Å². The molecular formula is C53H53N6O7S+. The zero-order chi connectivity index (χ0) is 46.1. The Morgan fingerprint density at radius 2 is 1.55 bits per heavy atom. The second-order valence-corrected chi connectivity index (χ2v) is 18.9. The van der Waals surface area contributed by atoms with Crippen LogP contribution in [0.15, 0.2) is 132 Å². The van der Waals surface area contributed by atoms with E-state index in [1.807, 2.05) is 95.9 Å². The quantitative estimate of drug-likeness (QED) is 0.0605. The Morgan fingerprint density at radius 1 is 0.866 bits per heavy atom. The number of anilines is 1. The van der Waals surface area contributed by atoms with E-state index < -0.39 is 64.9 Å². The number of nitrogens with two attached hydrogens (primary N) is 1. The van der Waals surface area contributed by atoms with Crippen LogP contribution in [0.5, 0.6) is 5.75 Å². The summed E-state index contributed by atoms with van der Waals surface area (Å²) >= 11 is 1.62. The number of primary amides is 1. The number of nitrogens with one attached hydrogen (secondary N) is 3. The maximum absolute atomic E-state index is 16.3. The van der Waals surface area contributed by atoms with Gasteiger partial charge in [-0.3, -0.25) is 29.1 Å². The highest BCUT2D eigenvalue weighted by Gasteiger charge is 2.74. The molecule has 4 amide bonds. The smallest absolute Gasteiger partial charge is 0.324 e. The van der Waals surface area contributed by atoms with Gasteiger partial charge in [-0.15, -0.1) is 0 Å². The first kappa shape index (κ1) is 44.2. The van der Waals surface area contributed by atoms with Crippen molar-refractivity contribution < 1.29 is 33.8 Å². The van der Waals surface area contributed by atoms with Crippen LogP contribution in [0.4, 0.5) is 16.2 Å². The number of hydrogen-bond donors (Lipinski definition) is 5. The molecule has 0 aliphatic carbocycles. The Morgan fingerprint density at radius 3 is 2.30 bits per heavy atom. The number of morpholine rings is 1. The lowest BCUT2D eigenvalue weighted by molar-refractivity contribution is -0.178. The number of amides is 4. The molecule has 6 N–H and O–H groups in total. The third kappa shape index (κ3) is 7.69. The molecule has 5 aliphatic rings. The molecule has 0 aromatic heterocycles. The first-order valence-corrected chi connectivity index (χ1v) is 24.0. The second-order valence-electron chi connectivity index (χ2n) is 17.8. The lowest BCUT2D eigenvalue weighted by atomic mass is 9.65. The van der Waals surface area contributed by atoms with E-state index in [0.717, 1.165) is 61.2 Å². The van der Waals surface area contributed by atoms with Crippen LogP contribution in [0.2, 0.25) is 0 Å². The number of carbonyl (C=O) groups excluding carboxylic acids is 4. The summed E-state index contributed by atoms with van der Waals surface area (Å²) in [6.45, 7) is 1.33. The van der Waals surface area contributed by atoms with E-state index in [9.17, 15) is 9.90 Å². The SMILES string of the molecule is NC(=O)NCC#Cc1ccc2c(c1)[C@]1(C(=O)N2)[C@H](c2ccccc2OCCO)N2[C@H](c3ccccc3)[C@H](c3ccccc3)OC(=O)[C@H]2[C@@H]1C(=O)NC1Sc2ccccc2[N+]12CCCCCCC2. The Balaban J connectivity index is 1.22. The van der Waals surface area contributed by atoms with E-state index in [-0.39, 0.29) is 19.8 Å². The fourth-order valence-electron chi connectivity index (χ4n) is 11.5. The van der Waals surface area contributed by atoms with Crippen molar-refractivity contribution in [1.82, 2.24) is 20.0 Å². The number of cyclic esters (lactones) is 1. The maximum Gasteiger partial charge on any atom is 0.324 e. The number of para-hydroxylation sites is 2. The van der Waals surface area contributed by atoms with Crippen molar-refractivity contribution in [2.45, 2.75) is 72.1 Å². The minimum absolute atomic E-state index is 0.0132. The first-order valence-electron chi connectivity index (χ1n) is 23.1. The van der Waals surface area contributed by atoms with Crippen molar-refractivity contribution in [2.24, 2.45) is 11.7 Å². The van der Waals surface area contributed by atoms with E-state index in [0.29, 0.717) is 32.6 Å². The van der Waals surface area contributed by atoms with Crippen LogP contribution in [-0.4, -0.2) is 78.2 Å². The number of urea groups is 1. The van der Waals surface area contributed by atoms with Crippen LogP contribution in [0, 0.1) is 17.8 Å². The predicted molar refractivity (Wildman–Crippen MR) is 255 cm³/mol. The van der Waals surface area contributed by atoms with Crippen LogP contribution in [0.1, 0.15) is 78.1 Å². The zero-order valence-corrected chi connectivity index (χ0v) is 37.8. The van der Waals surface area contributed by atoms with Crippen molar-refractivity contribution >= 4 is 47.0 Å². The topological polar surface area (TPSA) is 172 Å². The number of rotatable bonds is 9. The minimum Gasteiger partial charge on any atom is -0.491 e. The molecule has 2 spiro atoms. The van der Waals surface area contributed by atoms with Gasteiger partial charge >= 0.3 is 12.0 Å². The van der Waals surface area contributed by atoms with Crippen molar-refractivity contribution in [2.75, 3.05) is 38.2 Å². The van der Waals surface area contributed by atoms with Crippen molar-refractivity contribution in [3.63, 3.8) is 0 Å². The van der Waals surface area contributed by atoms with Crippen molar-refractivity contribution in [3.05, 3.63) is 155 Å². The number of hydrogen-bond acceptors (Lipinski definition) is 9. The first-order chi connectivity index (χ1) is 32.8. The molecule has 5 aromatic carbocycles. The molecule has 67 heavy (non-hydrogen) atoms. The lowest BCUT2D eigenvalue weighted by Gasteiger charge is -2.46. The minimum atomic E-state index is -1.80. The number of carbonyl (C=O) groups is 4. The molecule has 13 nitrogen and oxygen atoms in total. The lowest BCUT2D eigenvalue weighted by Crippen LogP contribution is -2.64. The van der Waals surface area contributed by atoms with Gasteiger partial charge in [0.15, 0.2) is 0 Å². The molecule has 10 rings (SSSR count). The van der Waals surface area contributed by atoms with E-state index in [4.69, 9.17) is 15.2 Å². The van der Waals surface area contributed by atoms with Crippen molar-refractivity contribution in [1.29, 1.82) is 0 Å². The summed E-state index contributed by atoms with van der Waals surface area (Å²) in [4.78, 5) is 62.4. The van der Waals surface area contributed by atoms with Gasteiger partial charge in [0.25, 0.3) is 0 Å². The van der Waals surface area contributed by atoms with Gasteiger partial charge in [-0.25, -0.2) is 4.79 Å². The van der Waals surface area contributed by atoms with Gasteiger partial charge in [0, 0.05) is 22.9 Å². The molecule has 3 saturated heterocycles. The molecule has 5 aromatic rings. The van der Waals surface area contributed by atoms with Crippen LogP contribution < -0.4 is 30.9 Å². The van der Waals surface area contributed by atoms with Gasteiger partial charge in [-0.05, 0) is 84.5 Å². The normalized spacial score (nSPS) is 25.9. The molecule has 5 heterocycles. The molecular weight excluding hydrogens is 865 g/mol. The fraction of sp³-hybridized carbons (Fsp3) is 0.321. The molecule has 0 saturated carbocycles. The van der Waals surface area contributed by atoms with Gasteiger partial charge in [0.05, 0.1) is 49.1 Å². The average molecular weight is 918 g/mol. The summed E-state index contributed by atoms with van der Waals surface area (Å²) in [6.07, 6.45) is 4.46. The number of thioether (sulfide) groups is 1. The number of nitrogens with zero attached hydrogens (tertiary/aromatic N) is 2. The van der Waals surface area contributed by atoms with E-state index in [1.54, 1.807) is 30.0 Å². The molecule has 0 radical (unpaired) electrons. The third-order valence-corrected chi connectivity index (χ3v) is 15.5. The number of esters is 1. The monoisotopic (exact) mass is 917 g/mol. The Bertz CT molecular complexity index is 2760. The summed E-state index contributed by atoms with van der Waals surface area (Å²) in [5, 5.41) is 19.3. The maximum atomic E-state index is 16.3. The summed E-state index contributed by atoms with van der Waals surface area (Å²) in [5.74, 6) is 3.55. The largest absolute Gasteiger partial charge is 0.491 e. The number of ether oxygens (including phenoxy) is 2. The highest BCUT2D eigenvalue weighted by molar-refractivity contribution is 8.00. The molecule has 7 atom stereocenters. The van der Waals surface area contributed by atoms with E-state index >= 15 is 14.4 Å². The summed E-state index contributed by atoms with van der Waals surface area (Å²) in [5.41, 5.74) is 7.84. The Kier molecular flexibility index (Phi) is 12.3. The van der Waals surface area contributed by atoms with E-state index in [2.05, 4.69) is 46.0 Å². The predicted octanol–water partition coefficient (Wildman–Crippen LogP) is 6.83. The standard InChI is InChI=1S/C53H52N6O7S/c54-51(64)55-28-16-17-34-26-27-39-38(33-34)53(50(63)56-39)43(48(61)57-52-59(29-14-2-1-3-15-30-59)40-23-11-13-25-42(40)67-52)45-49(62)66-46(36-20-8-5-9-21-36)44(35-18-6-4-7-19-35)58(45)47(53)37-22-10-12-24-41(37)65-32-31-60/h4-13,18-27,33,43-47,52,60H,1-3,14-15,28-32H2,(H4-,54,55,56,57,61,63,64)/p+1/t43-,44-,45-,46+,47+,52?,53-/m1/s1. The molecule has 14 heteroatoms. The number of aliphatic hydroxyl groups is 1. The Hall–Kier alpha value is -6.63. The van der Waals surface area contributed by atoms with Gasteiger partial charge in [-0.1, -0.05) is 109 Å². The van der Waals surface area contributed by atoms with Gasteiger partial charge in [0.1, 0.15) is 35.6 Å². The Labute approximate surface area is 394 Å². The van der Waals surface area contributed by atoms with Crippen LogP contribution >= 0.6 is 11.8 Å². The summed E-state index contributed by atoms with van der Waals surface area (Å²) in [7, 11) is 0. The van der Waals surface area contributed by atoms with Crippen LogP contribution in [0.3, 0.4) is 0 Å². The fourth-order valence-corrected chi connectivity index (χ4v) is 12.9. The van der Waals surface area contributed by atoms with Crippen molar-refractivity contribution in [3.8, 4) is 17.6 Å². The molecule has 5 aliphatic heterocycles. The molecule has 1 unspecified atom stereocenters. The number of benzene rings is 5. The summed E-state index contributed by atoms with van der Waals surface area (Å²) < 4.78 is 13.6. The highest BCUT2D eigenvalue weighted by atomic mass is 32.2. The van der Waals surface area contributed by atoms with Gasteiger partial charge in [0.2, 0.25) is 17.3 Å². The average Bonchev–Trinajstić information content (AvgIpc) is 3.93. The molecule has 0 bridgehead atoms. The number of aliphatic hydroxyl groups excluding tert-OH is 1. The third-order valence-electron chi connectivity index (χ3n) is 14.1. The zero-order valence-electron chi connectivity index (χ0n) is 36.9. The molecule has 342 valence electrons. The van der Waals surface area contributed by atoms with E-state index in [1.165, 1.54) is 5.69 Å². The van der Waals surface area contributed by atoms with Crippen LogP contribution in [-0.2, 0) is 24.5 Å². The van der Waals surface area contributed by atoms with Gasteiger partial charge < -0.3 is 30.9 Å². The molecule has 3 fully saturated rings. The van der Waals surface area contributed by atoms with Crippen LogP contribution in [0.25, 0.3) is 0 Å². The number of fused-ring (bicyclic) bond motifs is 5. The number of quaternary nitrogens is 1.